The predicted octanol–water partition coefficient (Wildman–Crippen LogP) is 3.35. The number of aromatic nitrogens is 3. The Balaban J connectivity index is 1.41. The number of fused-ring (bicyclic) bond motifs is 1. The maximum absolute atomic E-state index is 15.2. The Morgan fingerprint density at radius 3 is 2.66 bits per heavy atom. The highest BCUT2D eigenvalue weighted by molar-refractivity contribution is 7.92. The summed E-state index contributed by atoms with van der Waals surface area (Å²) in [4.78, 5) is 21.3. The first-order chi connectivity index (χ1) is 18.0. The van der Waals surface area contributed by atoms with Crippen molar-refractivity contribution in [3.63, 3.8) is 0 Å². The fourth-order valence-corrected chi connectivity index (χ4v) is 5.82. The molecule has 1 unspecified atom stereocenters. The van der Waals surface area contributed by atoms with Crippen LogP contribution in [0.1, 0.15) is 16.8 Å². The second-order valence-electron chi connectivity index (χ2n) is 9.27. The lowest BCUT2D eigenvalue weighted by atomic mass is 10.1. The second-order valence-corrected chi connectivity index (χ2v) is 11.4. The SMILES string of the molecule is CN(C)C1CCN(C(=O)c2cnn3c(N)c(-c4ccc(NS(=O)(=O)c5cccc(Cl)c5)cc4F)cnc23)C1. The van der Waals surface area contributed by atoms with Crippen LogP contribution >= 0.6 is 11.6 Å². The lowest BCUT2D eigenvalue weighted by Crippen LogP contribution is -2.34. The van der Waals surface area contributed by atoms with Crippen LogP contribution in [0.4, 0.5) is 15.9 Å². The fraction of sp³-hybridized carbons (Fsp3) is 0.240. The summed E-state index contributed by atoms with van der Waals surface area (Å²) in [6.45, 7) is 1.24. The maximum atomic E-state index is 15.2. The van der Waals surface area contributed by atoms with Gasteiger partial charge in [-0.05, 0) is 56.9 Å². The summed E-state index contributed by atoms with van der Waals surface area (Å²) < 4.78 is 44.1. The molecule has 13 heteroatoms. The molecule has 0 aliphatic carbocycles. The van der Waals surface area contributed by atoms with Gasteiger partial charge in [-0.25, -0.2) is 17.8 Å². The highest BCUT2D eigenvalue weighted by Gasteiger charge is 2.30. The standard InChI is InChI=1S/C25H25ClFN7O3S/c1-32(2)17-8-9-33(14-17)25(35)21-13-30-34-23(28)20(12-29-24(21)34)19-7-6-16(11-22(19)27)31-38(36,37)18-5-3-4-15(26)10-18/h3-7,10-13,17,31H,8-9,14,28H2,1-2H3. The first kappa shape index (κ1) is 25.9. The molecule has 0 saturated carbocycles. The molecule has 1 atom stereocenters. The van der Waals surface area contributed by atoms with Crippen LogP contribution in [0.25, 0.3) is 16.8 Å². The Morgan fingerprint density at radius 2 is 1.97 bits per heavy atom. The number of nitrogens with one attached hydrogen (secondary N) is 1. The first-order valence-electron chi connectivity index (χ1n) is 11.7. The maximum Gasteiger partial charge on any atom is 0.261 e. The van der Waals surface area contributed by atoms with Gasteiger partial charge < -0.3 is 15.5 Å². The van der Waals surface area contributed by atoms with Gasteiger partial charge in [0.2, 0.25) is 0 Å². The molecule has 3 heterocycles. The molecule has 10 nitrogen and oxygen atoms in total. The molecule has 4 aromatic rings. The smallest absolute Gasteiger partial charge is 0.261 e. The Bertz CT molecular complexity index is 1660. The molecule has 1 aliphatic rings. The molecule has 2 aromatic carbocycles. The van der Waals surface area contributed by atoms with Crippen molar-refractivity contribution < 1.29 is 17.6 Å². The van der Waals surface area contributed by atoms with Gasteiger partial charge in [-0.2, -0.15) is 9.61 Å². The van der Waals surface area contributed by atoms with E-state index in [4.69, 9.17) is 17.3 Å². The molecule has 2 aromatic heterocycles. The number of likely N-dealkylation sites (N-methyl/N-ethyl adjacent to an activating group) is 1. The van der Waals surface area contributed by atoms with Gasteiger partial charge in [0.15, 0.2) is 5.65 Å². The highest BCUT2D eigenvalue weighted by atomic mass is 35.5. The minimum absolute atomic E-state index is 0.0208. The van der Waals surface area contributed by atoms with Crippen LogP contribution in [-0.4, -0.2) is 71.9 Å². The Labute approximate surface area is 223 Å². The number of sulfonamides is 1. The quantitative estimate of drug-likeness (QED) is 0.372. The van der Waals surface area contributed by atoms with Crippen molar-refractivity contribution in [1.82, 2.24) is 24.4 Å². The summed E-state index contributed by atoms with van der Waals surface area (Å²) in [5.74, 6) is -0.821. The lowest BCUT2D eigenvalue weighted by Gasteiger charge is -2.20. The van der Waals surface area contributed by atoms with Crippen molar-refractivity contribution in [2.24, 2.45) is 0 Å². The molecule has 0 radical (unpaired) electrons. The summed E-state index contributed by atoms with van der Waals surface area (Å²) in [5.41, 5.74) is 7.27. The molecule has 0 bridgehead atoms. The van der Waals surface area contributed by atoms with Gasteiger partial charge in [0, 0.05) is 41.5 Å². The zero-order valence-corrected chi connectivity index (χ0v) is 22.2. The molecule has 38 heavy (non-hydrogen) atoms. The number of benzene rings is 2. The van der Waals surface area contributed by atoms with E-state index >= 15 is 4.39 Å². The normalized spacial score (nSPS) is 15.9. The van der Waals surface area contributed by atoms with Crippen LogP contribution in [0, 0.1) is 5.82 Å². The Morgan fingerprint density at radius 1 is 1.18 bits per heavy atom. The number of nitrogens with two attached hydrogens (primary N) is 1. The number of carbonyl (C=O) groups is 1. The number of nitrogens with zero attached hydrogens (tertiary/aromatic N) is 5. The molecular weight excluding hydrogens is 533 g/mol. The number of nitrogen functional groups attached to an aromatic ring is 1. The number of hydrogen-bond acceptors (Lipinski definition) is 7. The van der Waals surface area contributed by atoms with Crippen molar-refractivity contribution >= 4 is 44.7 Å². The van der Waals surface area contributed by atoms with E-state index in [1.807, 2.05) is 14.1 Å². The van der Waals surface area contributed by atoms with Crippen molar-refractivity contribution in [1.29, 1.82) is 0 Å². The minimum Gasteiger partial charge on any atom is -0.383 e. The zero-order valence-electron chi connectivity index (χ0n) is 20.6. The van der Waals surface area contributed by atoms with E-state index in [0.717, 1.165) is 12.5 Å². The van der Waals surface area contributed by atoms with Crippen LogP contribution in [0.2, 0.25) is 5.02 Å². The molecule has 0 spiro atoms. The van der Waals surface area contributed by atoms with Crippen LogP contribution < -0.4 is 10.5 Å². The van der Waals surface area contributed by atoms with Crippen LogP contribution in [0.15, 0.2) is 59.8 Å². The summed E-state index contributed by atoms with van der Waals surface area (Å²) in [7, 11) is -0.0111. The van der Waals surface area contributed by atoms with E-state index in [1.54, 1.807) is 11.0 Å². The Hall–Kier alpha value is -3.74. The average Bonchev–Trinajstić information content (AvgIpc) is 3.53. The zero-order chi connectivity index (χ0) is 27.2. The minimum atomic E-state index is -3.98. The summed E-state index contributed by atoms with van der Waals surface area (Å²) in [5, 5.41) is 4.49. The molecule has 1 saturated heterocycles. The average molecular weight is 558 g/mol. The van der Waals surface area contributed by atoms with Crippen molar-refractivity contribution in [3.8, 4) is 11.1 Å². The third kappa shape index (κ3) is 4.77. The van der Waals surface area contributed by atoms with Crippen LogP contribution in [0.3, 0.4) is 0 Å². The van der Waals surface area contributed by atoms with Crippen molar-refractivity contribution in [3.05, 3.63) is 71.3 Å². The molecular formula is C25H25ClFN7O3S. The Kier molecular flexibility index (Phi) is 6.72. The van der Waals surface area contributed by atoms with Gasteiger partial charge in [0.05, 0.1) is 16.8 Å². The van der Waals surface area contributed by atoms with Crippen molar-refractivity contribution in [2.75, 3.05) is 37.6 Å². The van der Waals surface area contributed by atoms with Gasteiger partial charge in [-0.3, -0.25) is 9.52 Å². The molecule has 5 rings (SSSR count). The fourth-order valence-electron chi connectivity index (χ4n) is 4.47. The number of hydrogen-bond donors (Lipinski definition) is 2. The van der Waals surface area contributed by atoms with Crippen molar-refractivity contribution in [2.45, 2.75) is 17.4 Å². The third-order valence-electron chi connectivity index (χ3n) is 6.59. The van der Waals surface area contributed by atoms with E-state index in [0.29, 0.717) is 18.7 Å². The van der Waals surface area contributed by atoms with E-state index in [1.165, 1.54) is 47.2 Å². The van der Waals surface area contributed by atoms with E-state index in [9.17, 15) is 13.2 Å². The molecule has 198 valence electrons. The number of likely N-dealkylation sites (tertiary alicyclic amines) is 1. The highest BCUT2D eigenvalue weighted by Crippen LogP contribution is 2.31. The number of rotatable bonds is 6. The third-order valence-corrected chi connectivity index (χ3v) is 8.21. The van der Waals surface area contributed by atoms with E-state index in [-0.39, 0.29) is 50.1 Å². The largest absolute Gasteiger partial charge is 0.383 e. The van der Waals surface area contributed by atoms with Gasteiger partial charge >= 0.3 is 0 Å². The molecule has 1 fully saturated rings. The van der Waals surface area contributed by atoms with E-state index < -0.39 is 15.8 Å². The second kappa shape index (κ2) is 9.86. The van der Waals surface area contributed by atoms with Gasteiger partial charge in [0.25, 0.3) is 15.9 Å². The summed E-state index contributed by atoms with van der Waals surface area (Å²) in [6.07, 6.45) is 3.67. The van der Waals surface area contributed by atoms with Crippen LogP contribution in [0.5, 0.6) is 0 Å². The number of amides is 1. The van der Waals surface area contributed by atoms with Gasteiger partial charge in [-0.15, -0.1) is 0 Å². The molecule has 3 N–H and O–H groups in total. The summed E-state index contributed by atoms with van der Waals surface area (Å²) >= 11 is 5.89. The topological polar surface area (TPSA) is 126 Å². The monoisotopic (exact) mass is 557 g/mol. The lowest BCUT2D eigenvalue weighted by molar-refractivity contribution is 0.0784. The van der Waals surface area contributed by atoms with Crippen LogP contribution in [-0.2, 0) is 10.0 Å². The molecule has 1 aliphatic heterocycles. The number of carbonyl (C=O) groups excluding carboxylic acids is 1. The number of halogens is 2. The predicted molar refractivity (Wildman–Crippen MR) is 143 cm³/mol. The first-order valence-corrected chi connectivity index (χ1v) is 13.6. The summed E-state index contributed by atoms with van der Waals surface area (Å²) in [6, 6.07) is 9.88. The molecule has 1 amide bonds. The van der Waals surface area contributed by atoms with E-state index in [2.05, 4.69) is 19.7 Å². The van der Waals surface area contributed by atoms with Gasteiger partial charge in [-0.1, -0.05) is 17.7 Å². The number of anilines is 2. The van der Waals surface area contributed by atoms with Gasteiger partial charge in [0.1, 0.15) is 17.2 Å².